The van der Waals surface area contributed by atoms with Crippen LogP contribution in [0.25, 0.3) is 0 Å². The number of halogens is 5. The van der Waals surface area contributed by atoms with Gasteiger partial charge in [-0.2, -0.15) is 4.98 Å². The minimum Gasteiger partial charge on any atom is -0.790 e. The fourth-order valence-electron chi connectivity index (χ4n) is 19.5. The summed E-state index contributed by atoms with van der Waals surface area (Å²) in [4.78, 5) is 102. The van der Waals surface area contributed by atoms with E-state index in [0.29, 0.717) is 0 Å². The van der Waals surface area contributed by atoms with Crippen LogP contribution < -0.4 is 47.9 Å². The Morgan fingerprint density at radius 2 is 0.767 bits per heavy atom. The fourth-order valence-corrected chi connectivity index (χ4v) is 57.9. The van der Waals surface area contributed by atoms with Gasteiger partial charge in [0.1, 0.15) is 87.0 Å². The van der Waals surface area contributed by atoms with E-state index in [1.54, 1.807) is 18.9 Å². The van der Waals surface area contributed by atoms with Gasteiger partial charge in [0.25, 0.3) is 21.2 Å². The van der Waals surface area contributed by atoms with Gasteiger partial charge < -0.3 is 102 Å². The first kappa shape index (κ1) is 133. The third kappa shape index (κ3) is 29.2. The lowest BCUT2D eigenvalue weighted by Gasteiger charge is -2.51. The molecule has 3 aromatic rings. The van der Waals surface area contributed by atoms with Gasteiger partial charge >= 0.3 is 68.4 Å². The zero-order valence-electron chi connectivity index (χ0n) is 92.8. The van der Waals surface area contributed by atoms with E-state index in [1.165, 1.54) is 42.2 Å². The monoisotopic (exact) mass is 2340 g/mol. The van der Waals surface area contributed by atoms with Crippen LogP contribution in [0, 0.1) is 75.6 Å². The molecule has 22 atom stereocenters. The summed E-state index contributed by atoms with van der Waals surface area (Å²) in [7, 11) is -31.2. The van der Waals surface area contributed by atoms with Gasteiger partial charge in [-0.05, 0) is 78.6 Å². The van der Waals surface area contributed by atoms with Crippen LogP contribution in [-0.4, -0.2) is 247 Å². The second-order valence-electron chi connectivity index (χ2n) is 46.1. The van der Waals surface area contributed by atoms with Crippen molar-refractivity contribution in [2.45, 2.75) is 413 Å². The van der Waals surface area contributed by atoms with Crippen LogP contribution in [0.4, 0.5) is 27.8 Å². The van der Waals surface area contributed by atoms with Gasteiger partial charge in [0, 0.05) is 36.5 Å². The minimum absolute atomic E-state index is 0.00314. The lowest BCUT2D eigenvalue weighted by Crippen LogP contribution is -2.66. The van der Waals surface area contributed by atoms with Crippen molar-refractivity contribution in [3.63, 3.8) is 0 Å². The number of nitrogens with two attached hydrogens (primary N) is 1. The van der Waals surface area contributed by atoms with E-state index in [0.717, 1.165) is 9.13 Å². The number of alkyl halides is 5. The number of phosphoric ester groups is 1. The summed E-state index contributed by atoms with van der Waals surface area (Å²) in [6.45, 7) is 70.6. The lowest BCUT2D eigenvalue weighted by molar-refractivity contribution is -0.339. The number of terminal acetylenes is 2. The molecular weight excluding hydrogens is 2190 g/mol. The number of nitrogen functional groups attached to an aromatic ring is 1. The molecule has 11 rings (SSSR count). The van der Waals surface area contributed by atoms with Gasteiger partial charge in [0.2, 0.25) is 17.0 Å². The second kappa shape index (κ2) is 50.0. The maximum atomic E-state index is 17.6. The Bertz CT molecular complexity index is 5710. The molecule has 0 amide bonds. The van der Waals surface area contributed by atoms with Crippen molar-refractivity contribution in [2.24, 2.45) is 11.8 Å². The maximum Gasteiger partial charge on any atom is 0.351 e. The number of aliphatic hydroxyl groups is 1. The number of anilines is 1. The number of nitrogens with zero attached hydrogens (tertiary/aromatic N) is 4. The first-order valence-electron chi connectivity index (χ1n) is 50.5. The van der Waals surface area contributed by atoms with Crippen LogP contribution in [0.2, 0.25) is 125 Å². The molecule has 150 heavy (non-hydrogen) atoms. The van der Waals surface area contributed by atoms with E-state index in [-0.39, 0.29) is 103 Å². The number of ether oxygens (including phenoxy) is 5. The molecule has 8 fully saturated rings. The molecule has 0 spiro atoms. The molecule has 8 aliphatic rings. The van der Waals surface area contributed by atoms with E-state index in [2.05, 4.69) is 248 Å². The van der Waals surface area contributed by atoms with E-state index in [1.807, 2.05) is 45.2 Å². The first-order chi connectivity index (χ1) is 68.4. The predicted octanol–water partition coefficient (Wildman–Crippen LogP) is 14.1. The molecule has 8 aliphatic heterocycles. The summed E-state index contributed by atoms with van der Waals surface area (Å²) in [5, 5.41) is 8.77. The predicted molar refractivity (Wildman–Crippen MR) is 579 cm³/mol. The molecule has 2 unspecified atom stereocenters. The molecule has 36 nitrogen and oxygen atoms in total. The zero-order valence-corrected chi connectivity index (χ0v) is 105. The summed E-state index contributed by atoms with van der Waals surface area (Å²) in [5.41, 5.74) is 2.04. The van der Waals surface area contributed by atoms with Gasteiger partial charge in [-0.1, -0.05) is 281 Å². The molecule has 0 bridgehead atoms. The molecule has 842 valence electrons. The third-order valence-corrected chi connectivity index (χ3v) is 65.0. The smallest absolute Gasteiger partial charge is 0.351 e. The Morgan fingerprint density at radius 1 is 0.473 bits per heavy atom. The van der Waals surface area contributed by atoms with Crippen LogP contribution in [0.1, 0.15) is 199 Å². The molecule has 5 N–H and O–H groups in total. The molecule has 56 heteroatoms. The summed E-state index contributed by atoms with van der Waals surface area (Å²) in [5.74, 6) is 10.8. The van der Waals surface area contributed by atoms with Crippen LogP contribution in [0.3, 0.4) is 0 Å². The van der Waals surface area contributed by atoms with Crippen molar-refractivity contribution in [1.29, 1.82) is 0 Å². The highest BCUT2D eigenvalue weighted by Gasteiger charge is 2.72. The Balaban J connectivity index is 0.000000263. The Kier molecular flexibility index (Phi) is 44.2. The zero-order chi connectivity index (χ0) is 115. The van der Waals surface area contributed by atoms with Crippen molar-refractivity contribution in [2.75, 3.05) is 38.8 Å². The van der Waals surface area contributed by atoms with E-state index >= 15 is 13.2 Å². The number of aliphatic hydroxyl groups excluding tert-OH is 1. The van der Waals surface area contributed by atoms with Crippen molar-refractivity contribution < 1.29 is 136 Å². The Labute approximate surface area is 897 Å². The topological polar surface area (TPSA) is 474 Å². The number of nitrogens with one attached hydrogen (secondary N) is 2. The Hall–Kier alpha value is -4.20. The van der Waals surface area contributed by atoms with Crippen LogP contribution >= 0.6 is 35.7 Å². The van der Waals surface area contributed by atoms with E-state index in [4.69, 9.17) is 114 Å². The van der Waals surface area contributed by atoms with Crippen LogP contribution in [-0.2, 0) is 89.4 Å². The SMILES string of the molecule is CC(C)[Si]1(C(C)C)OC[C@H]2O[C@@H](n3ccc(=O)[nH]c3=O)[C@@](F)(C#C[Si](C)(C)C)[C@@H]2O[Si](C(C)C)(C(C)C)O1.CC(C)[Si]1(C(C)C)OC[C@H]2O[C@@H](n3ccc(=S)[nH]c3=O)[C@@](F)(C#C[Si](C)(C)C)[C@@H]2O[Si](C(C)C)(C(C)C)O1.CC(C)[Si]1(C(C)C)OC[C@H]2O[C@@H](n3ccc(N)nc3=O)[C@@](F)(C#C[Si](C)(C)C)[C@@H]2O[Si](C(C)C)(C(C)C)O1.[B][C@@H]1O[C@H](CO)[C@@H](C)[C@]1(F)C#C.[B][C@@H]1O[C@H](COP(=O)([O-])OP(=O)([O-])OP(=O)([O-])[O-])[C@@H](C)[C@]1(F)C#C. The standard InChI is InChI=1S/C26H46FN3O5Si3.C26H45FN2O6Si3.C26H45FN2O5SSi3.C8H13BFO11P3.C8H10BFO2/c1-17(2)37(18(3)4)32-16-21-23(34-38(35-37,19(5)6)20(7)8)26(27,13-15-36(9,10)11)24(33-21)30-14-12-22(28)29-25(30)31;1-17(2)37(18(3)4)32-16-21-23(34-38(35-37,19(5)6)20(7)8)26(27,13-15-36(9,10)11)24(33-21)29-14-12-22(30)28-25(29)31;1-17(2)37(18(3)4)31-16-21-23(33-38(34-37,19(5)6)20(7)8)26(27,13-15-36(9,10)11)24(32-21)29-14-12-22(35)28-25(29)30;1-3-8(10)5(2)6(19-7(8)9)4-18-23(14,15)21-24(16,17)20-22(11,12)13;1-3-8(10)5(2)6(4-11)12-7(8)9/h12,14,17-21,23-24H,16H2,1-11H3,(H2,28,29,31);12,14,17-21,23-24H,16H2,1-11H3,(H,28,30,31);12,14,17-21,23-24H,16H2,1-11H3,(H,28,30,35);1,5-7H,4H2,2H3,(H,14,15)(H,16,17)(H2,11,12,13);1,5-7,11H,4H2,2H3/p-4/t3*21-,23-,24-,26-;2*5-,6-,7-,8-/m11111/s1. The summed E-state index contributed by atoms with van der Waals surface area (Å²) in [6, 6.07) is 1.46. The molecule has 4 radical (unpaired) electrons. The summed E-state index contributed by atoms with van der Waals surface area (Å²) in [6.07, 6.45) is 2.38. The van der Waals surface area contributed by atoms with Crippen LogP contribution in [0.15, 0.2) is 56.0 Å². The molecule has 0 aliphatic carbocycles. The van der Waals surface area contributed by atoms with Gasteiger partial charge in [0.15, 0.2) is 30.0 Å². The molecule has 3 aromatic heterocycles. The quantitative estimate of drug-likeness (QED) is 0.0225. The number of hydrogen-bond donors (Lipinski definition) is 4. The largest absolute Gasteiger partial charge is 0.790 e. The van der Waals surface area contributed by atoms with Gasteiger partial charge in [0.05, 0.1) is 65.1 Å². The number of aromatic nitrogens is 6. The maximum absolute atomic E-state index is 17.6. The minimum atomic E-state index is -6.08. The highest BCUT2D eigenvalue weighted by atomic mass is 32.1. The summed E-state index contributed by atoms with van der Waals surface area (Å²) < 4.78 is 219. The third-order valence-electron chi connectivity index (χ3n) is 27.7. The summed E-state index contributed by atoms with van der Waals surface area (Å²) >= 11 is 5.11. The van der Waals surface area contributed by atoms with Crippen molar-refractivity contribution >= 4 is 133 Å². The van der Waals surface area contributed by atoms with Gasteiger partial charge in [-0.15, -0.1) is 29.5 Å². The Morgan fingerprint density at radius 3 is 1.03 bits per heavy atom. The highest BCUT2D eigenvalue weighted by Crippen LogP contribution is 2.62. The number of H-pyrrole nitrogens is 2. The average molecular weight is 2340 g/mol. The molecule has 8 saturated heterocycles. The molecule has 0 saturated carbocycles. The number of hydrogen-bond acceptors (Lipinski definition) is 32. The normalized spacial score (nSPS) is 31.7. The highest BCUT2D eigenvalue weighted by molar-refractivity contribution is 7.71. The molecule has 0 aromatic carbocycles. The number of phosphoric acid groups is 3. The van der Waals surface area contributed by atoms with Crippen molar-refractivity contribution in [3.8, 4) is 59.1 Å². The van der Waals surface area contributed by atoms with Crippen molar-refractivity contribution in [1.82, 2.24) is 28.7 Å². The van der Waals surface area contributed by atoms with E-state index in [9.17, 15) is 61.2 Å². The first-order valence-corrected chi connectivity index (χ1v) is 77.6. The lowest BCUT2D eigenvalue weighted by atomic mass is 9.78. The van der Waals surface area contributed by atoms with E-state index < -0.39 is 248 Å². The van der Waals surface area contributed by atoms with Crippen LogP contribution in [0.5, 0.6) is 0 Å². The number of fused-ring (bicyclic) bond motifs is 3. The fraction of sp³-hybridized carbons (Fsp3) is 0.766. The molecular formula is C94H155B2F5N7O29P3SSi9-4. The second-order valence-corrected chi connectivity index (χ2v) is 91.6. The number of rotatable bonds is 23. The van der Waals surface area contributed by atoms with Gasteiger partial charge in [-0.3, -0.25) is 41.9 Å². The van der Waals surface area contributed by atoms with Gasteiger partial charge in [-0.25, -0.2) is 40.6 Å². The molecule has 11 heterocycles. The average Bonchev–Trinajstić information content (AvgIpc) is 1.66. The van der Waals surface area contributed by atoms with Crippen molar-refractivity contribution in [3.05, 3.63) is 83.2 Å². The number of aromatic amines is 2.